The molecule has 31 heavy (non-hydrogen) atoms. The van der Waals surface area contributed by atoms with Crippen molar-refractivity contribution < 1.29 is 19.4 Å². The standard InChI is InChI=1S/C25H24ClNO4/c1-14(2)25(30)31-23-20(13-15-7-10-17(26)11-8-15)27-22-18-6-4-3-5-16(18)9-12-19(22)21(23)24(28)29/h7-12,14H,3-6,13H2,1-2H3,(H,28,29). The van der Waals surface area contributed by atoms with Gasteiger partial charge in [0.2, 0.25) is 0 Å². The number of carboxylic acids is 1. The normalized spacial score (nSPS) is 13.3. The molecule has 1 heterocycles. The molecular weight excluding hydrogens is 414 g/mol. The second-order valence-electron chi connectivity index (χ2n) is 8.25. The number of ether oxygens (including phenoxy) is 1. The van der Waals surface area contributed by atoms with Crippen molar-refractivity contribution in [2.75, 3.05) is 0 Å². The highest BCUT2D eigenvalue weighted by Gasteiger charge is 2.27. The number of carboxylic acid groups (broad SMARTS) is 1. The number of nitrogens with zero attached hydrogens (tertiary/aromatic N) is 1. The third kappa shape index (κ3) is 4.28. The molecule has 1 N–H and O–H groups in total. The van der Waals surface area contributed by atoms with Crippen LogP contribution in [-0.2, 0) is 24.1 Å². The van der Waals surface area contributed by atoms with Crippen LogP contribution in [0.1, 0.15) is 59.4 Å². The second kappa shape index (κ2) is 8.67. The molecule has 6 heteroatoms. The molecule has 4 rings (SSSR count). The van der Waals surface area contributed by atoms with Gasteiger partial charge in [-0.3, -0.25) is 4.79 Å². The van der Waals surface area contributed by atoms with Gasteiger partial charge in [-0.05, 0) is 54.5 Å². The van der Waals surface area contributed by atoms with Gasteiger partial charge in [0.1, 0.15) is 5.56 Å². The van der Waals surface area contributed by atoms with E-state index in [-0.39, 0.29) is 11.3 Å². The predicted molar refractivity (Wildman–Crippen MR) is 120 cm³/mol. The van der Waals surface area contributed by atoms with Crippen LogP contribution in [0, 0.1) is 5.92 Å². The predicted octanol–water partition coefficient (Wildman–Crippen LogP) is 5.62. The number of hydrogen-bond acceptors (Lipinski definition) is 4. The van der Waals surface area contributed by atoms with Gasteiger partial charge in [0, 0.05) is 16.8 Å². The minimum atomic E-state index is -1.13. The van der Waals surface area contributed by atoms with Crippen LogP contribution < -0.4 is 4.74 Å². The molecule has 0 saturated heterocycles. The summed E-state index contributed by atoms with van der Waals surface area (Å²) in [7, 11) is 0. The third-order valence-corrected chi connectivity index (χ3v) is 5.93. The first-order valence-corrected chi connectivity index (χ1v) is 10.9. The summed E-state index contributed by atoms with van der Waals surface area (Å²) in [6.07, 6.45) is 4.33. The molecule has 0 radical (unpaired) electrons. The molecule has 1 aliphatic carbocycles. The van der Waals surface area contributed by atoms with Crippen molar-refractivity contribution in [3.05, 3.63) is 69.4 Å². The van der Waals surface area contributed by atoms with E-state index in [1.807, 2.05) is 18.2 Å². The first kappa shape index (κ1) is 21.3. The van der Waals surface area contributed by atoms with Crippen molar-refractivity contribution in [1.29, 1.82) is 0 Å². The lowest BCUT2D eigenvalue weighted by molar-refractivity contribution is -0.137. The van der Waals surface area contributed by atoms with Crippen molar-refractivity contribution >= 4 is 34.4 Å². The lowest BCUT2D eigenvalue weighted by atomic mass is 9.88. The van der Waals surface area contributed by atoms with Gasteiger partial charge in [-0.15, -0.1) is 0 Å². The van der Waals surface area contributed by atoms with Crippen molar-refractivity contribution in [3.8, 4) is 5.75 Å². The zero-order valence-corrected chi connectivity index (χ0v) is 18.3. The fourth-order valence-electron chi connectivity index (χ4n) is 4.05. The van der Waals surface area contributed by atoms with E-state index in [9.17, 15) is 14.7 Å². The number of esters is 1. The maximum atomic E-state index is 12.4. The third-order valence-electron chi connectivity index (χ3n) is 5.68. The summed E-state index contributed by atoms with van der Waals surface area (Å²) >= 11 is 6.01. The van der Waals surface area contributed by atoms with Crippen molar-refractivity contribution in [2.24, 2.45) is 5.92 Å². The number of hydrogen-bond donors (Lipinski definition) is 1. The molecule has 0 spiro atoms. The summed E-state index contributed by atoms with van der Waals surface area (Å²) in [5, 5.41) is 11.2. The number of benzene rings is 2. The number of carbonyl (C=O) groups is 2. The summed E-state index contributed by atoms with van der Waals surface area (Å²) in [4.78, 5) is 29.7. The van der Waals surface area contributed by atoms with E-state index >= 15 is 0 Å². The van der Waals surface area contributed by atoms with E-state index < -0.39 is 17.9 Å². The lowest BCUT2D eigenvalue weighted by Crippen LogP contribution is -2.19. The Morgan fingerprint density at radius 3 is 2.48 bits per heavy atom. The molecule has 5 nitrogen and oxygen atoms in total. The first-order chi connectivity index (χ1) is 14.8. The number of aromatic carboxylic acids is 1. The number of aromatic nitrogens is 1. The van der Waals surface area contributed by atoms with Gasteiger partial charge < -0.3 is 9.84 Å². The summed E-state index contributed by atoms with van der Waals surface area (Å²) in [5.41, 5.74) is 4.36. The van der Waals surface area contributed by atoms with Gasteiger partial charge in [0.05, 0.1) is 17.1 Å². The van der Waals surface area contributed by atoms with Crippen LogP contribution in [0.4, 0.5) is 0 Å². The summed E-state index contributed by atoms with van der Waals surface area (Å²) < 4.78 is 5.64. The molecule has 1 aliphatic rings. The highest BCUT2D eigenvalue weighted by Crippen LogP contribution is 2.36. The number of aryl methyl sites for hydroxylation is 2. The minimum Gasteiger partial charge on any atom is -0.478 e. The van der Waals surface area contributed by atoms with Gasteiger partial charge >= 0.3 is 11.9 Å². The zero-order valence-electron chi connectivity index (χ0n) is 17.6. The van der Waals surface area contributed by atoms with Gasteiger partial charge in [-0.25, -0.2) is 9.78 Å². The van der Waals surface area contributed by atoms with Gasteiger partial charge in [-0.1, -0.05) is 49.7 Å². The van der Waals surface area contributed by atoms with Crippen LogP contribution in [-0.4, -0.2) is 22.0 Å². The summed E-state index contributed by atoms with van der Waals surface area (Å²) in [5.74, 6) is -1.99. The molecule has 0 aliphatic heterocycles. The molecular formula is C25H24ClNO4. The van der Waals surface area contributed by atoms with Gasteiger partial charge in [-0.2, -0.15) is 0 Å². The Balaban J connectivity index is 1.97. The highest BCUT2D eigenvalue weighted by atomic mass is 35.5. The Labute approximate surface area is 186 Å². The second-order valence-corrected chi connectivity index (χ2v) is 8.69. The average Bonchev–Trinajstić information content (AvgIpc) is 2.75. The van der Waals surface area contributed by atoms with Crippen LogP contribution in [0.3, 0.4) is 0 Å². The number of carbonyl (C=O) groups excluding carboxylic acids is 1. The van der Waals surface area contributed by atoms with E-state index in [0.717, 1.165) is 36.8 Å². The van der Waals surface area contributed by atoms with Crippen molar-refractivity contribution in [2.45, 2.75) is 46.0 Å². The average molecular weight is 438 g/mol. The molecule has 1 aromatic heterocycles. The summed E-state index contributed by atoms with van der Waals surface area (Å²) in [6.45, 7) is 3.43. The topological polar surface area (TPSA) is 76.5 Å². The monoisotopic (exact) mass is 437 g/mol. The Morgan fingerprint density at radius 2 is 1.81 bits per heavy atom. The largest absolute Gasteiger partial charge is 0.478 e. The SMILES string of the molecule is CC(C)C(=O)Oc1c(Cc2ccc(Cl)cc2)nc2c3c(ccc2c1C(=O)O)CCCC3. The fraction of sp³-hybridized carbons (Fsp3) is 0.320. The minimum absolute atomic E-state index is 0.00339. The van der Waals surface area contributed by atoms with Crippen LogP contribution in [0.5, 0.6) is 5.75 Å². The maximum Gasteiger partial charge on any atom is 0.340 e. The zero-order chi connectivity index (χ0) is 22.1. The smallest absolute Gasteiger partial charge is 0.340 e. The molecule has 2 aromatic carbocycles. The van der Waals surface area contributed by atoms with E-state index in [1.165, 1.54) is 5.56 Å². The molecule has 160 valence electrons. The molecule has 0 saturated carbocycles. The van der Waals surface area contributed by atoms with E-state index in [2.05, 4.69) is 0 Å². The van der Waals surface area contributed by atoms with Gasteiger partial charge in [0.15, 0.2) is 5.75 Å². The van der Waals surface area contributed by atoms with Crippen LogP contribution >= 0.6 is 11.6 Å². The highest BCUT2D eigenvalue weighted by molar-refractivity contribution is 6.30. The van der Waals surface area contributed by atoms with Crippen molar-refractivity contribution in [3.63, 3.8) is 0 Å². The van der Waals surface area contributed by atoms with Crippen LogP contribution in [0.15, 0.2) is 36.4 Å². The van der Waals surface area contributed by atoms with Crippen LogP contribution in [0.2, 0.25) is 5.02 Å². The molecule has 0 unspecified atom stereocenters. The quantitative estimate of drug-likeness (QED) is 0.524. The van der Waals surface area contributed by atoms with E-state index in [0.29, 0.717) is 28.0 Å². The summed E-state index contributed by atoms with van der Waals surface area (Å²) in [6, 6.07) is 11.1. The molecule has 0 atom stereocenters. The molecule has 0 amide bonds. The van der Waals surface area contributed by atoms with E-state index in [1.54, 1.807) is 32.0 Å². The Kier molecular flexibility index (Phi) is 5.96. The first-order valence-electron chi connectivity index (χ1n) is 10.5. The Hall–Kier alpha value is -2.92. The number of fused-ring (bicyclic) bond motifs is 3. The molecule has 0 fully saturated rings. The number of pyridine rings is 1. The van der Waals surface area contributed by atoms with Gasteiger partial charge in [0.25, 0.3) is 0 Å². The fourth-order valence-corrected chi connectivity index (χ4v) is 4.17. The molecule has 0 bridgehead atoms. The maximum absolute atomic E-state index is 12.4. The van der Waals surface area contributed by atoms with Crippen LogP contribution in [0.25, 0.3) is 10.9 Å². The Bertz CT molecular complexity index is 1170. The number of rotatable bonds is 5. The number of halogens is 1. The Morgan fingerprint density at radius 1 is 1.10 bits per heavy atom. The van der Waals surface area contributed by atoms with E-state index in [4.69, 9.17) is 21.3 Å². The molecule has 3 aromatic rings. The lowest BCUT2D eigenvalue weighted by Gasteiger charge is -2.21. The van der Waals surface area contributed by atoms with Crippen molar-refractivity contribution in [1.82, 2.24) is 4.98 Å².